The van der Waals surface area contributed by atoms with Gasteiger partial charge in [-0.1, -0.05) is 26.0 Å². The van der Waals surface area contributed by atoms with Gasteiger partial charge in [0.05, 0.1) is 5.69 Å². The third-order valence-electron chi connectivity index (χ3n) is 4.29. The van der Waals surface area contributed by atoms with E-state index >= 15 is 0 Å². The summed E-state index contributed by atoms with van der Waals surface area (Å²) in [5.41, 5.74) is 1.68. The van der Waals surface area contributed by atoms with Crippen LogP contribution in [0.5, 0.6) is 0 Å². The lowest BCUT2D eigenvalue weighted by molar-refractivity contribution is 0.457. The van der Waals surface area contributed by atoms with Crippen molar-refractivity contribution >= 4 is 5.69 Å². The predicted octanol–water partition coefficient (Wildman–Crippen LogP) is 4.51. The summed E-state index contributed by atoms with van der Waals surface area (Å²) in [6, 6.07) is 5.52. The number of nitrogens with one attached hydrogen (secondary N) is 1. The summed E-state index contributed by atoms with van der Waals surface area (Å²) in [7, 11) is 1.98. The predicted molar refractivity (Wildman–Crippen MR) is 85.9 cm³/mol. The summed E-state index contributed by atoms with van der Waals surface area (Å²) >= 11 is 0. The Hall–Kier alpha value is -1.09. The fourth-order valence-electron chi connectivity index (χ4n) is 2.25. The van der Waals surface area contributed by atoms with E-state index in [1.54, 1.807) is 12.1 Å². The highest BCUT2D eigenvalue weighted by Crippen LogP contribution is 2.33. The highest BCUT2D eigenvalue weighted by molar-refractivity contribution is 5.57. The first-order valence-corrected chi connectivity index (χ1v) is 7.60. The van der Waals surface area contributed by atoms with Crippen LogP contribution >= 0.6 is 0 Å². The molecule has 1 atom stereocenters. The molecule has 0 saturated heterocycles. The number of hydrogen-bond acceptors (Lipinski definition) is 2. The van der Waals surface area contributed by atoms with Gasteiger partial charge in [0.2, 0.25) is 0 Å². The van der Waals surface area contributed by atoms with Crippen LogP contribution in [0.1, 0.15) is 59.1 Å². The molecule has 0 amide bonds. The molecule has 1 aromatic carbocycles. The van der Waals surface area contributed by atoms with Gasteiger partial charge in [0.25, 0.3) is 0 Å². The zero-order chi connectivity index (χ0) is 15.3. The van der Waals surface area contributed by atoms with Crippen molar-refractivity contribution in [3.63, 3.8) is 0 Å². The van der Waals surface area contributed by atoms with Crippen molar-refractivity contribution in [1.29, 1.82) is 0 Å². The fourth-order valence-corrected chi connectivity index (χ4v) is 2.25. The molecule has 0 spiro atoms. The summed E-state index contributed by atoms with van der Waals surface area (Å²) < 4.78 is 14.4. The highest BCUT2D eigenvalue weighted by Gasteiger charge is 2.27. The molecule has 20 heavy (non-hydrogen) atoms. The van der Waals surface area contributed by atoms with Gasteiger partial charge in [-0.3, -0.25) is 0 Å². The number of hydrogen-bond donors (Lipinski definition) is 1. The molecule has 1 aromatic rings. The molecule has 0 aliphatic carbocycles. The van der Waals surface area contributed by atoms with Crippen molar-refractivity contribution < 1.29 is 4.39 Å². The van der Waals surface area contributed by atoms with Gasteiger partial charge < -0.3 is 10.2 Å². The van der Waals surface area contributed by atoms with Crippen LogP contribution < -0.4 is 10.2 Å². The summed E-state index contributed by atoms with van der Waals surface area (Å²) in [5.74, 6) is -0.142. The van der Waals surface area contributed by atoms with Crippen molar-refractivity contribution in [1.82, 2.24) is 5.32 Å². The molecule has 0 aliphatic rings. The maximum atomic E-state index is 14.4. The van der Waals surface area contributed by atoms with Crippen LogP contribution in [-0.2, 0) is 0 Å². The summed E-state index contributed by atoms with van der Waals surface area (Å²) in [5, 5.41) is 3.45. The Morgan fingerprint density at radius 2 is 1.95 bits per heavy atom. The zero-order valence-corrected chi connectivity index (χ0v) is 13.8. The quantitative estimate of drug-likeness (QED) is 0.790. The van der Waals surface area contributed by atoms with Gasteiger partial charge in [0.15, 0.2) is 0 Å². The molecule has 0 aromatic heterocycles. The average molecular weight is 280 g/mol. The van der Waals surface area contributed by atoms with E-state index < -0.39 is 0 Å². The van der Waals surface area contributed by atoms with Gasteiger partial charge in [-0.15, -0.1) is 0 Å². The fraction of sp³-hybridized carbons (Fsp3) is 0.647. The molecule has 0 heterocycles. The first-order chi connectivity index (χ1) is 9.35. The minimum absolute atomic E-state index is 0.0680. The third-order valence-corrected chi connectivity index (χ3v) is 4.29. The number of para-hydroxylation sites is 1. The van der Waals surface area contributed by atoms with Crippen molar-refractivity contribution in [2.24, 2.45) is 0 Å². The Morgan fingerprint density at radius 3 is 2.50 bits per heavy atom. The van der Waals surface area contributed by atoms with Gasteiger partial charge in [-0.05, 0) is 51.8 Å². The molecular formula is C17H29FN2. The Balaban J connectivity index is 3.17. The number of anilines is 1. The van der Waals surface area contributed by atoms with E-state index in [2.05, 4.69) is 44.8 Å². The Bertz CT molecular complexity index is 429. The molecule has 0 bridgehead atoms. The van der Waals surface area contributed by atoms with Crippen LogP contribution in [-0.4, -0.2) is 19.1 Å². The molecule has 1 rings (SSSR count). The van der Waals surface area contributed by atoms with E-state index in [0.717, 1.165) is 30.6 Å². The standard InChI is InChI=1S/C17H29FN2/c1-7-12-19-13(3)14-10-9-11-15(18)16(14)20(6)17(4,5)8-2/h9-11,13,19H,7-8,12H2,1-6H3. The summed E-state index contributed by atoms with van der Waals surface area (Å²) in [4.78, 5) is 2.07. The van der Waals surface area contributed by atoms with Crippen molar-refractivity contribution in [3.8, 4) is 0 Å². The van der Waals surface area contributed by atoms with E-state index in [4.69, 9.17) is 0 Å². The molecule has 1 unspecified atom stereocenters. The first-order valence-electron chi connectivity index (χ1n) is 7.60. The van der Waals surface area contributed by atoms with Crippen molar-refractivity contribution in [3.05, 3.63) is 29.6 Å². The molecule has 0 saturated carbocycles. The van der Waals surface area contributed by atoms with Gasteiger partial charge in [0.1, 0.15) is 5.82 Å². The van der Waals surface area contributed by atoms with E-state index in [0.29, 0.717) is 0 Å². The van der Waals surface area contributed by atoms with Gasteiger partial charge >= 0.3 is 0 Å². The zero-order valence-electron chi connectivity index (χ0n) is 13.8. The normalized spacial score (nSPS) is 13.3. The van der Waals surface area contributed by atoms with Gasteiger partial charge in [-0.2, -0.15) is 0 Å². The summed E-state index contributed by atoms with van der Waals surface area (Å²) in [6.45, 7) is 11.6. The lowest BCUT2D eigenvalue weighted by Crippen LogP contribution is -2.42. The smallest absolute Gasteiger partial charge is 0.146 e. The largest absolute Gasteiger partial charge is 0.367 e. The molecular weight excluding hydrogens is 251 g/mol. The second-order valence-electron chi connectivity index (χ2n) is 6.08. The number of benzene rings is 1. The highest BCUT2D eigenvalue weighted by atomic mass is 19.1. The SMILES string of the molecule is CCCNC(C)c1cccc(F)c1N(C)C(C)(C)CC. The third kappa shape index (κ3) is 3.72. The van der Waals surface area contributed by atoms with E-state index in [1.807, 2.05) is 13.1 Å². The number of nitrogens with zero attached hydrogens (tertiary/aromatic N) is 1. The van der Waals surface area contributed by atoms with Crippen LogP contribution in [0.15, 0.2) is 18.2 Å². The maximum absolute atomic E-state index is 14.4. The van der Waals surface area contributed by atoms with Crippen LogP contribution in [0.2, 0.25) is 0 Å². The molecule has 1 N–H and O–H groups in total. The number of rotatable bonds is 7. The lowest BCUT2D eigenvalue weighted by Gasteiger charge is -2.39. The van der Waals surface area contributed by atoms with Gasteiger partial charge in [0, 0.05) is 18.6 Å². The summed E-state index contributed by atoms with van der Waals surface area (Å²) in [6.07, 6.45) is 2.04. The minimum Gasteiger partial charge on any atom is -0.367 e. The first kappa shape index (κ1) is 17.0. The minimum atomic E-state index is -0.142. The van der Waals surface area contributed by atoms with Gasteiger partial charge in [-0.25, -0.2) is 4.39 Å². The maximum Gasteiger partial charge on any atom is 0.146 e. The molecule has 0 aliphatic heterocycles. The Morgan fingerprint density at radius 1 is 1.30 bits per heavy atom. The van der Waals surface area contributed by atoms with Crippen LogP contribution in [0.4, 0.5) is 10.1 Å². The van der Waals surface area contributed by atoms with E-state index in [9.17, 15) is 4.39 Å². The Labute approximate surface area is 123 Å². The van der Waals surface area contributed by atoms with E-state index in [1.165, 1.54) is 0 Å². The van der Waals surface area contributed by atoms with Crippen LogP contribution in [0.25, 0.3) is 0 Å². The molecule has 2 nitrogen and oxygen atoms in total. The second-order valence-corrected chi connectivity index (χ2v) is 6.08. The molecule has 114 valence electrons. The van der Waals surface area contributed by atoms with E-state index in [-0.39, 0.29) is 17.4 Å². The Kier molecular flexibility index (Phi) is 6.00. The topological polar surface area (TPSA) is 15.3 Å². The van der Waals surface area contributed by atoms with Crippen molar-refractivity contribution in [2.45, 2.75) is 59.0 Å². The monoisotopic (exact) mass is 280 g/mol. The number of halogens is 1. The van der Waals surface area contributed by atoms with Crippen LogP contribution in [0, 0.1) is 5.82 Å². The molecule has 0 fully saturated rings. The lowest BCUT2D eigenvalue weighted by atomic mass is 9.96. The van der Waals surface area contributed by atoms with Crippen LogP contribution in [0.3, 0.4) is 0 Å². The average Bonchev–Trinajstić information content (AvgIpc) is 2.43. The molecule has 0 radical (unpaired) electrons. The second kappa shape index (κ2) is 7.07. The van der Waals surface area contributed by atoms with Crippen molar-refractivity contribution in [2.75, 3.05) is 18.5 Å². The molecule has 3 heteroatoms.